The number of carbonyl (C=O) groups excluding carboxylic acids is 1. The van der Waals surface area contributed by atoms with Crippen molar-refractivity contribution in [1.29, 1.82) is 0 Å². The molecule has 0 saturated carbocycles. The summed E-state index contributed by atoms with van der Waals surface area (Å²) in [6, 6.07) is 7.20. The molecule has 4 heteroatoms. The summed E-state index contributed by atoms with van der Waals surface area (Å²) in [6.45, 7) is 7.64. The molecule has 0 atom stereocenters. The third-order valence-corrected chi connectivity index (χ3v) is 3.60. The van der Waals surface area contributed by atoms with Crippen molar-refractivity contribution in [1.82, 2.24) is 4.90 Å². The molecule has 1 amide bonds. The van der Waals surface area contributed by atoms with Gasteiger partial charge in [0.1, 0.15) is 5.75 Å². The topological polar surface area (TPSA) is 49.8 Å². The number of benzene rings is 1. The first-order valence-corrected chi connectivity index (χ1v) is 7.18. The lowest BCUT2D eigenvalue weighted by atomic mass is 9.90. The van der Waals surface area contributed by atoms with Gasteiger partial charge in [0.2, 0.25) is 0 Å². The van der Waals surface area contributed by atoms with Gasteiger partial charge in [0, 0.05) is 5.56 Å². The van der Waals surface area contributed by atoms with E-state index in [1.807, 2.05) is 19.1 Å². The summed E-state index contributed by atoms with van der Waals surface area (Å²) in [5.74, 6) is 1.23. The lowest BCUT2D eigenvalue weighted by Crippen LogP contribution is -2.63. The summed E-state index contributed by atoms with van der Waals surface area (Å²) >= 11 is 0. The lowest BCUT2D eigenvalue weighted by Gasteiger charge is -2.46. The molecule has 110 valence electrons. The third kappa shape index (κ3) is 3.31. The Hall–Kier alpha value is -1.55. The fraction of sp³-hybridized carbons (Fsp3) is 0.562. The predicted molar refractivity (Wildman–Crippen MR) is 77.9 cm³/mol. The molecule has 1 aliphatic heterocycles. The van der Waals surface area contributed by atoms with Crippen molar-refractivity contribution >= 4 is 5.91 Å². The fourth-order valence-electron chi connectivity index (χ4n) is 2.17. The van der Waals surface area contributed by atoms with Crippen molar-refractivity contribution < 1.29 is 14.6 Å². The summed E-state index contributed by atoms with van der Waals surface area (Å²) in [5, 5.41) is 9.94. The molecule has 20 heavy (non-hydrogen) atoms. The van der Waals surface area contributed by atoms with Gasteiger partial charge >= 0.3 is 0 Å². The van der Waals surface area contributed by atoms with Gasteiger partial charge < -0.3 is 14.7 Å². The number of β-amino-alcohol motifs (C(OH)–C–C–N with tert-alkyl or cyclic N) is 1. The predicted octanol–water partition coefficient (Wildman–Crippen LogP) is 2.32. The van der Waals surface area contributed by atoms with Gasteiger partial charge in [0.15, 0.2) is 0 Å². The maximum Gasteiger partial charge on any atom is 0.254 e. The summed E-state index contributed by atoms with van der Waals surface area (Å²) in [4.78, 5) is 13.9. The van der Waals surface area contributed by atoms with Crippen LogP contribution in [0.3, 0.4) is 0 Å². The molecule has 1 aromatic carbocycles. The van der Waals surface area contributed by atoms with Crippen molar-refractivity contribution in [3.05, 3.63) is 29.8 Å². The first kappa shape index (κ1) is 14.9. The van der Waals surface area contributed by atoms with Crippen LogP contribution in [0.5, 0.6) is 5.75 Å². The molecule has 2 rings (SSSR count). The van der Waals surface area contributed by atoms with Crippen molar-refractivity contribution in [2.24, 2.45) is 5.92 Å². The Morgan fingerprint density at radius 3 is 2.45 bits per heavy atom. The van der Waals surface area contributed by atoms with Gasteiger partial charge in [0.25, 0.3) is 5.91 Å². The molecular weight excluding hydrogens is 254 g/mol. The second kappa shape index (κ2) is 5.83. The number of aliphatic hydroxyl groups is 1. The van der Waals surface area contributed by atoms with E-state index >= 15 is 0 Å². The van der Waals surface area contributed by atoms with E-state index in [-0.39, 0.29) is 5.91 Å². The number of hydrogen-bond acceptors (Lipinski definition) is 3. The molecule has 1 N–H and O–H groups in total. The molecule has 1 saturated heterocycles. The highest BCUT2D eigenvalue weighted by Gasteiger charge is 2.42. The van der Waals surface area contributed by atoms with E-state index in [2.05, 4.69) is 13.8 Å². The smallest absolute Gasteiger partial charge is 0.254 e. The summed E-state index contributed by atoms with van der Waals surface area (Å²) in [6.07, 6.45) is 0.679. The van der Waals surface area contributed by atoms with Crippen LogP contribution < -0.4 is 4.74 Å². The quantitative estimate of drug-likeness (QED) is 0.898. The van der Waals surface area contributed by atoms with Crippen molar-refractivity contribution in [3.8, 4) is 5.75 Å². The van der Waals surface area contributed by atoms with Crippen LogP contribution in [0.1, 0.15) is 37.6 Å². The lowest BCUT2D eigenvalue weighted by molar-refractivity contribution is -0.0826. The average molecular weight is 277 g/mol. The Morgan fingerprint density at radius 2 is 1.95 bits per heavy atom. The number of ether oxygens (including phenoxy) is 1. The number of hydrogen-bond donors (Lipinski definition) is 1. The minimum absolute atomic E-state index is 0.0291. The van der Waals surface area contributed by atoms with E-state index < -0.39 is 5.60 Å². The molecule has 0 aliphatic carbocycles. The van der Waals surface area contributed by atoms with Crippen molar-refractivity contribution in [3.63, 3.8) is 0 Å². The minimum Gasteiger partial charge on any atom is -0.493 e. The van der Waals surface area contributed by atoms with Crippen molar-refractivity contribution in [2.75, 3.05) is 19.7 Å². The maximum absolute atomic E-state index is 12.2. The van der Waals surface area contributed by atoms with Gasteiger partial charge in [-0.05, 0) is 36.6 Å². The van der Waals surface area contributed by atoms with Gasteiger partial charge in [-0.3, -0.25) is 4.79 Å². The molecule has 0 bridgehead atoms. The van der Waals surface area contributed by atoms with E-state index in [0.717, 1.165) is 5.75 Å². The molecule has 1 heterocycles. The van der Waals surface area contributed by atoms with E-state index in [4.69, 9.17) is 4.74 Å². The van der Waals surface area contributed by atoms with Gasteiger partial charge in [0.05, 0.1) is 25.3 Å². The highest BCUT2D eigenvalue weighted by molar-refractivity contribution is 5.95. The Kier molecular flexibility index (Phi) is 4.33. The fourth-order valence-corrected chi connectivity index (χ4v) is 2.17. The van der Waals surface area contributed by atoms with E-state index in [9.17, 15) is 9.90 Å². The Bertz CT molecular complexity index is 461. The summed E-state index contributed by atoms with van der Waals surface area (Å²) in [7, 11) is 0. The number of nitrogens with zero attached hydrogens (tertiary/aromatic N) is 1. The monoisotopic (exact) mass is 277 g/mol. The molecule has 0 aromatic heterocycles. The molecule has 1 aliphatic rings. The Balaban J connectivity index is 1.92. The maximum atomic E-state index is 12.2. The summed E-state index contributed by atoms with van der Waals surface area (Å²) in [5.41, 5.74) is -0.0456. The van der Waals surface area contributed by atoms with Crippen LogP contribution in [0.15, 0.2) is 24.3 Å². The van der Waals surface area contributed by atoms with Crippen molar-refractivity contribution in [2.45, 2.75) is 32.8 Å². The SMILES string of the molecule is CCC1(O)CN(C(=O)c2ccc(OCC(C)C)cc2)C1. The first-order chi connectivity index (χ1) is 9.43. The van der Waals surface area contributed by atoms with Crippen LogP contribution >= 0.6 is 0 Å². The number of rotatable bonds is 5. The normalized spacial score (nSPS) is 16.9. The molecule has 0 unspecified atom stereocenters. The van der Waals surface area contributed by atoms with Crippen LogP contribution in [-0.2, 0) is 0 Å². The van der Waals surface area contributed by atoms with E-state index in [0.29, 0.717) is 37.6 Å². The number of likely N-dealkylation sites (tertiary alicyclic amines) is 1. The highest BCUT2D eigenvalue weighted by Crippen LogP contribution is 2.26. The summed E-state index contributed by atoms with van der Waals surface area (Å²) < 4.78 is 5.59. The van der Waals surface area contributed by atoms with Gasteiger partial charge in [-0.25, -0.2) is 0 Å². The molecule has 1 fully saturated rings. The molecular formula is C16H23NO3. The largest absolute Gasteiger partial charge is 0.493 e. The number of amides is 1. The molecule has 1 aromatic rings. The molecule has 4 nitrogen and oxygen atoms in total. The zero-order chi connectivity index (χ0) is 14.8. The Morgan fingerprint density at radius 1 is 1.35 bits per heavy atom. The second-order valence-corrected chi connectivity index (χ2v) is 5.97. The molecule has 0 spiro atoms. The third-order valence-electron chi connectivity index (χ3n) is 3.60. The van der Waals surface area contributed by atoms with Crippen LogP contribution in [-0.4, -0.2) is 41.2 Å². The van der Waals surface area contributed by atoms with Gasteiger partial charge in [-0.2, -0.15) is 0 Å². The van der Waals surface area contributed by atoms with Crippen LogP contribution in [0.4, 0.5) is 0 Å². The Labute approximate surface area is 120 Å². The van der Waals surface area contributed by atoms with Crippen LogP contribution in [0, 0.1) is 5.92 Å². The highest BCUT2D eigenvalue weighted by atomic mass is 16.5. The van der Waals surface area contributed by atoms with Crippen LogP contribution in [0.2, 0.25) is 0 Å². The number of carbonyl (C=O) groups is 1. The minimum atomic E-state index is -0.685. The average Bonchev–Trinajstić information content (AvgIpc) is 2.41. The second-order valence-electron chi connectivity index (χ2n) is 5.97. The van der Waals surface area contributed by atoms with Crippen LogP contribution in [0.25, 0.3) is 0 Å². The zero-order valence-corrected chi connectivity index (χ0v) is 12.4. The van der Waals surface area contributed by atoms with Gasteiger partial charge in [-0.15, -0.1) is 0 Å². The van der Waals surface area contributed by atoms with E-state index in [1.54, 1.807) is 17.0 Å². The zero-order valence-electron chi connectivity index (χ0n) is 12.4. The standard InChI is InChI=1S/C16H23NO3/c1-4-16(19)10-17(11-16)15(18)13-5-7-14(8-6-13)20-9-12(2)3/h5-8,12,19H,4,9-11H2,1-3H3. The van der Waals surface area contributed by atoms with E-state index in [1.165, 1.54) is 0 Å². The molecule has 0 radical (unpaired) electrons. The first-order valence-electron chi connectivity index (χ1n) is 7.18. The van der Waals surface area contributed by atoms with Gasteiger partial charge in [-0.1, -0.05) is 20.8 Å².